The van der Waals surface area contributed by atoms with Gasteiger partial charge >= 0.3 is 12.0 Å². The molecule has 0 bridgehead atoms. The number of carboxylic acid groups (broad SMARTS) is 1. The zero-order valence-corrected chi connectivity index (χ0v) is 22.8. The van der Waals surface area contributed by atoms with Crippen LogP contribution in [0.3, 0.4) is 0 Å². The maximum atomic E-state index is 13.3. The number of nitrogens with one attached hydrogen (secondary N) is 1. The highest BCUT2D eigenvalue weighted by atomic mass is 35.5. The smallest absolute Gasteiger partial charge is 0.323 e. The van der Waals surface area contributed by atoms with Crippen LogP contribution in [0.15, 0.2) is 34.7 Å². The molecule has 35 heavy (non-hydrogen) atoms. The minimum absolute atomic E-state index is 0.146. The summed E-state index contributed by atoms with van der Waals surface area (Å²) in [5.74, 6) is 1.05. The summed E-state index contributed by atoms with van der Waals surface area (Å²) in [4.78, 5) is 30.9. The molecular weight excluding hydrogens is 506 g/mol. The molecular formula is C25H34ClN3O4S2. The predicted octanol–water partition coefficient (Wildman–Crippen LogP) is 6.88. The molecule has 1 aromatic heterocycles. The Kier molecular flexibility index (Phi) is 10.1. The number of halogens is 1. The van der Waals surface area contributed by atoms with Crippen molar-refractivity contribution in [1.29, 1.82) is 0 Å². The van der Waals surface area contributed by atoms with E-state index in [-0.39, 0.29) is 12.1 Å². The van der Waals surface area contributed by atoms with E-state index in [4.69, 9.17) is 16.3 Å². The van der Waals surface area contributed by atoms with Crippen molar-refractivity contribution < 1.29 is 19.4 Å². The van der Waals surface area contributed by atoms with Gasteiger partial charge in [0.25, 0.3) is 0 Å². The number of ether oxygens (including phenoxy) is 1. The summed E-state index contributed by atoms with van der Waals surface area (Å²) in [6.07, 6.45) is 6.63. The minimum Gasteiger partial charge on any atom is -0.494 e. The van der Waals surface area contributed by atoms with Gasteiger partial charge in [-0.25, -0.2) is 9.78 Å². The molecule has 192 valence electrons. The molecule has 1 fully saturated rings. The summed E-state index contributed by atoms with van der Waals surface area (Å²) < 4.78 is 6.70. The highest BCUT2D eigenvalue weighted by Gasteiger charge is 2.29. The minimum atomic E-state index is -0.833. The number of amides is 2. The molecule has 0 atom stereocenters. The van der Waals surface area contributed by atoms with Crippen LogP contribution in [-0.2, 0) is 4.79 Å². The topological polar surface area (TPSA) is 91.8 Å². The van der Waals surface area contributed by atoms with E-state index in [0.717, 1.165) is 35.6 Å². The Morgan fingerprint density at radius 1 is 1.26 bits per heavy atom. The average Bonchev–Trinajstić information content (AvgIpc) is 3.27. The SMILES string of the molecule is CC1CCC(N(CCCOc2ccc(Cl)cc2)C(=O)Nc2ncc(SCC(C)(C)C(=O)O)s2)CC1. The van der Waals surface area contributed by atoms with Crippen LogP contribution in [-0.4, -0.2) is 51.9 Å². The third-order valence-corrected chi connectivity index (χ3v) is 8.98. The fourth-order valence-corrected chi connectivity index (χ4v) is 5.89. The zero-order valence-electron chi connectivity index (χ0n) is 20.5. The predicted molar refractivity (Wildman–Crippen MR) is 143 cm³/mol. The summed E-state index contributed by atoms with van der Waals surface area (Å²) >= 11 is 8.74. The molecule has 1 heterocycles. The van der Waals surface area contributed by atoms with Crippen LogP contribution in [0.1, 0.15) is 52.9 Å². The van der Waals surface area contributed by atoms with Crippen molar-refractivity contribution in [3.8, 4) is 5.75 Å². The Morgan fingerprint density at radius 2 is 1.94 bits per heavy atom. The first-order chi connectivity index (χ1) is 16.6. The molecule has 0 unspecified atom stereocenters. The number of benzene rings is 1. The van der Waals surface area contributed by atoms with Gasteiger partial charge in [-0.05, 0) is 76.1 Å². The maximum Gasteiger partial charge on any atom is 0.323 e. The summed E-state index contributed by atoms with van der Waals surface area (Å²) in [5, 5.41) is 13.5. The van der Waals surface area contributed by atoms with Crippen LogP contribution in [0.25, 0.3) is 0 Å². The monoisotopic (exact) mass is 539 g/mol. The molecule has 1 aliphatic carbocycles. The molecule has 1 saturated carbocycles. The molecule has 0 aliphatic heterocycles. The number of aromatic nitrogens is 1. The molecule has 1 aliphatic rings. The number of rotatable bonds is 11. The van der Waals surface area contributed by atoms with E-state index >= 15 is 0 Å². The Labute approximate surface area is 220 Å². The third kappa shape index (κ3) is 8.58. The summed E-state index contributed by atoms with van der Waals surface area (Å²) in [6, 6.07) is 7.32. The van der Waals surface area contributed by atoms with Crippen LogP contribution in [0.2, 0.25) is 5.02 Å². The number of anilines is 1. The molecule has 1 aromatic carbocycles. The molecule has 3 rings (SSSR count). The van der Waals surface area contributed by atoms with Gasteiger partial charge in [-0.15, -0.1) is 11.8 Å². The molecule has 2 aromatic rings. The van der Waals surface area contributed by atoms with E-state index in [0.29, 0.717) is 41.4 Å². The number of carboxylic acids is 1. The van der Waals surface area contributed by atoms with Gasteiger partial charge in [-0.2, -0.15) is 0 Å². The van der Waals surface area contributed by atoms with E-state index in [1.165, 1.54) is 23.1 Å². The first-order valence-electron chi connectivity index (χ1n) is 11.9. The largest absolute Gasteiger partial charge is 0.494 e. The van der Waals surface area contributed by atoms with Gasteiger partial charge in [-0.1, -0.05) is 29.9 Å². The van der Waals surface area contributed by atoms with Crippen LogP contribution >= 0.6 is 34.7 Å². The number of hydrogen-bond donors (Lipinski definition) is 2. The first kappa shape index (κ1) is 27.6. The second-order valence-corrected chi connectivity index (χ2v) is 12.4. The van der Waals surface area contributed by atoms with Crippen molar-refractivity contribution in [2.24, 2.45) is 11.3 Å². The van der Waals surface area contributed by atoms with Crippen molar-refractivity contribution in [1.82, 2.24) is 9.88 Å². The summed E-state index contributed by atoms with van der Waals surface area (Å²) in [5.41, 5.74) is -0.832. The molecule has 0 saturated heterocycles. The number of carbonyl (C=O) groups is 2. The van der Waals surface area contributed by atoms with E-state index in [1.807, 2.05) is 17.0 Å². The number of carbonyl (C=O) groups excluding carboxylic acids is 1. The van der Waals surface area contributed by atoms with Gasteiger partial charge < -0.3 is 14.7 Å². The lowest BCUT2D eigenvalue weighted by molar-refractivity contribution is -0.145. The lowest BCUT2D eigenvalue weighted by Gasteiger charge is -2.36. The number of hydrogen-bond acceptors (Lipinski definition) is 6. The quantitative estimate of drug-likeness (QED) is 0.239. The Hall–Kier alpha value is -1.97. The van der Waals surface area contributed by atoms with Crippen molar-refractivity contribution in [3.05, 3.63) is 35.5 Å². The van der Waals surface area contributed by atoms with Gasteiger partial charge in [0.15, 0.2) is 5.13 Å². The van der Waals surface area contributed by atoms with E-state index in [1.54, 1.807) is 32.2 Å². The summed E-state index contributed by atoms with van der Waals surface area (Å²) in [6.45, 7) is 6.77. The van der Waals surface area contributed by atoms with Gasteiger partial charge in [0.05, 0.1) is 22.4 Å². The first-order valence-corrected chi connectivity index (χ1v) is 14.1. The molecule has 2 N–H and O–H groups in total. The second-order valence-electron chi connectivity index (χ2n) is 9.66. The normalized spacial score (nSPS) is 18.2. The molecule has 0 spiro atoms. The Balaban J connectivity index is 1.56. The number of thioether (sulfide) groups is 1. The Bertz CT molecular complexity index is 975. The standard InChI is InChI=1S/C25H34ClN3O4S2/c1-17-5-9-19(10-6-17)29(13-4-14-33-20-11-7-18(26)8-12-20)24(32)28-23-27-15-21(35-23)34-16-25(2,3)22(30)31/h7-8,11-12,15,17,19H,4-6,9-10,13-14,16H2,1-3H3,(H,30,31)(H,27,28,32). The van der Waals surface area contributed by atoms with Gasteiger partial charge in [0.2, 0.25) is 0 Å². The molecule has 2 amide bonds. The van der Waals surface area contributed by atoms with Crippen molar-refractivity contribution in [3.63, 3.8) is 0 Å². The van der Waals surface area contributed by atoms with Crippen LogP contribution in [0, 0.1) is 11.3 Å². The van der Waals surface area contributed by atoms with Crippen LogP contribution in [0.4, 0.5) is 9.93 Å². The number of thiazole rings is 1. The van der Waals surface area contributed by atoms with Crippen molar-refractivity contribution in [2.75, 3.05) is 24.2 Å². The zero-order chi connectivity index (χ0) is 25.4. The Morgan fingerprint density at radius 3 is 2.60 bits per heavy atom. The van der Waals surface area contributed by atoms with E-state index in [9.17, 15) is 14.7 Å². The van der Waals surface area contributed by atoms with Gasteiger partial charge in [-0.3, -0.25) is 10.1 Å². The highest BCUT2D eigenvalue weighted by molar-refractivity contribution is 8.01. The highest BCUT2D eigenvalue weighted by Crippen LogP contribution is 2.34. The van der Waals surface area contributed by atoms with E-state index < -0.39 is 11.4 Å². The lowest BCUT2D eigenvalue weighted by Crippen LogP contribution is -2.45. The fourth-order valence-electron chi connectivity index (χ4n) is 3.82. The van der Waals surface area contributed by atoms with Crippen molar-refractivity contribution >= 4 is 51.8 Å². The van der Waals surface area contributed by atoms with Gasteiger partial charge in [0.1, 0.15) is 5.75 Å². The van der Waals surface area contributed by atoms with E-state index in [2.05, 4.69) is 17.2 Å². The van der Waals surface area contributed by atoms with Crippen LogP contribution in [0.5, 0.6) is 5.75 Å². The average molecular weight is 540 g/mol. The van der Waals surface area contributed by atoms with Crippen LogP contribution < -0.4 is 10.1 Å². The molecule has 7 nitrogen and oxygen atoms in total. The summed E-state index contributed by atoms with van der Waals surface area (Å²) in [7, 11) is 0. The lowest BCUT2D eigenvalue weighted by atomic mass is 9.86. The maximum absolute atomic E-state index is 13.3. The molecule has 10 heteroatoms. The van der Waals surface area contributed by atoms with Crippen molar-refractivity contribution in [2.45, 2.75) is 63.1 Å². The van der Waals surface area contributed by atoms with Gasteiger partial charge in [0, 0.05) is 23.4 Å². The number of nitrogens with zero attached hydrogens (tertiary/aromatic N) is 2. The molecule has 0 radical (unpaired) electrons. The second kappa shape index (κ2) is 12.8. The number of aliphatic carboxylic acids is 1. The fraction of sp³-hybridized carbons (Fsp3) is 0.560. The third-order valence-electron chi connectivity index (χ3n) is 6.17. The number of urea groups is 1.